The molecule has 14 nitrogen and oxygen atoms in total. The molecule has 1 amide bonds. The molecule has 0 aromatic carbocycles. The molecule has 0 aromatic heterocycles. The first-order valence-electron chi connectivity index (χ1n) is 17.9. The number of hydrogen-bond donors (Lipinski definition) is 9. The predicted octanol–water partition coefficient (Wildman–Crippen LogP) is 0.530. The topological polar surface area (TPSA) is 228 Å². The minimum atomic E-state index is -1.78. The predicted molar refractivity (Wildman–Crippen MR) is 175 cm³/mol. The molecule has 282 valence electrons. The van der Waals surface area contributed by atoms with Crippen LogP contribution < -0.4 is 5.32 Å². The van der Waals surface area contributed by atoms with E-state index in [4.69, 9.17) is 18.9 Å². The number of rotatable bonds is 24. The lowest BCUT2D eigenvalue weighted by molar-refractivity contribution is -0.359. The average molecular weight is 694 g/mol. The van der Waals surface area contributed by atoms with Crippen molar-refractivity contribution >= 4 is 5.91 Å². The Balaban J connectivity index is 1.96. The van der Waals surface area contributed by atoms with Gasteiger partial charge in [0.15, 0.2) is 12.6 Å². The van der Waals surface area contributed by atoms with Crippen LogP contribution in [0.5, 0.6) is 0 Å². The molecule has 2 aliphatic rings. The summed E-state index contributed by atoms with van der Waals surface area (Å²) in [5.41, 5.74) is 0. The largest absolute Gasteiger partial charge is 0.394 e. The number of amides is 1. The maximum absolute atomic E-state index is 12.7. The van der Waals surface area contributed by atoms with Crippen LogP contribution in [-0.2, 0) is 23.7 Å². The summed E-state index contributed by atoms with van der Waals surface area (Å²) < 4.78 is 22.3. The number of ether oxygens (including phenoxy) is 4. The maximum Gasteiger partial charge on any atom is 0.220 e. The summed E-state index contributed by atoms with van der Waals surface area (Å²) in [6.07, 6.45) is 0.957. The Morgan fingerprint density at radius 3 is 1.92 bits per heavy atom. The number of carbonyl (C=O) groups is 1. The lowest BCUT2D eigenvalue weighted by atomic mass is 9.97. The Bertz CT molecular complexity index is 878. The first-order valence-corrected chi connectivity index (χ1v) is 17.9. The average Bonchev–Trinajstić information content (AvgIpc) is 3.08. The Hall–Kier alpha value is -1.27. The van der Waals surface area contributed by atoms with Crippen molar-refractivity contribution in [3.05, 3.63) is 12.2 Å². The second-order valence-corrected chi connectivity index (χ2v) is 13.0. The molecule has 9 N–H and O–H groups in total. The molecule has 0 radical (unpaired) electrons. The minimum absolute atomic E-state index is 0.268. The molecule has 2 saturated heterocycles. The number of aliphatic hydroxyl groups excluding tert-OH is 8. The van der Waals surface area contributed by atoms with Crippen molar-refractivity contribution in [1.29, 1.82) is 0 Å². The van der Waals surface area contributed by atoms with E-state index in [9.17, 15) is 45.6 Å². The molecule has 0 bridgehead atoms. The Morgan fingerprint density at radius 1 is 0.729 bits per heavy atom. The molecule has 48 heavy (non-hydrogen) atoms. The standard InChI is InChI=1S/C34H63NO13/c1-3-5-7-8-9-10-11-12-13-14-16-17-23(38)22(35-26(39)18-15-6-4-2)21-45-33-31(44)29(42)32(25(20-37)47-33)48-34-30(43)28(41)27(40)24(19-36)46-34/h16-17,22-25,27-34,36-38,40-44H,3-15,18-21H2,1-2H3,(H,35,39)/b17-16+. The first-order chi connectivity index (χ1) is 23.1. The third-order valence-electron chi connectivity index (χ3n) is 8.97. The van der Waals surface area contributed by atoms with E-state index >= 15 is 0 Å². The van der Waals surface area contributed by atoms with Gasteiger partial charge in [0.1, 0.15) is 48.8 Å². The van der Waals surface area contributed by atoms with E-state index in [0.29, 0.717) is 6.42 Å². The summed E-state index contributed by atoms with van der Waals surface area (Å²) in [7, 11) is 0. The Morgan fingerprint density at radius 2 is 1.29 bits per heavy atom. The highest BCUT2D eigenvalue weighted by Gasteiger charge is 2.50. The van der Waals surface area contributed by atoms with Gasteiger partial charge in [-0.3, -0.25) is 4.79 Å². The van der Waals surface area contributed by atoms with Crippen molar-refractivity contribution in [2.24, 2.45) is 0 Å². The summed E-state index contributed by atoms with van der Waals surface area (Å²) >= 11 is 0. The van der Waals surface area contributed by atoms with E-state index in [0.717, 1.165) is 32.1 Å². The van der Waals surface area contributed by atoms with Crippen molar-refractivity contribution in [2.75, 3.05) is 19.8 Å². The highest BCUT2D eigenvalue weighted by molar-refractivity contribution is 5.76. The first kappa shape index (κ1) is 42.9. The lowest BCUT2D eigenvalue weighted by Crippen LogP contribution is -2.65. The van der Waals surface area contributed by atoms with E-state index in [1.54, 1.807) is 6.08 Å². The van der Waals surface area contributed by atoms with Gasteiger partial charge in [-0.1, -0.05) is 90.2 Å². The van der Waals surface area contributed by atoms with E-state index in [1.807, 2.05) is 13.0 Å². The van der Waals surface area contributed by atoms with Crippen molar-refractivity contribution in [2.45, 2.75) is 177 Å². The Labute approximate surface area is 285 Å². The van der Waals surface area contributed by atoms with Crippen LogP contribution in [0.2, 0.25) is 0 Å². The zero-order valence-corrected chi connectivity index (χ0v) is 28.7. The van der Waals surface area contributed by atoms with Crippen LogP contribution >= 0.6 is 0 Å². The van der Waals surface area contributed by atoms with Gasteiger partial charge in [-0.05, 0) is 19.3 Å². The molecule has 2 aliphatic heterocycles. The van der Waals surface area contributed by atoms with Crippen molar-refractivity contribution in [3.8, 4) is 0 Å². The quantitative estimate of drug-likeness (QED) is 0.0497. The smallest absolute Gasteiger partial charge is 0.220 e. The fraction of sp³-hybridized carbons (Fsp3) is 0.912. The summed E-state index contributed by atoms with van der Waals surface area (Å²) in [6, 6.07) is -0.901. The Kier molecular flexibility index (Phi) is 21.5. The lowest BCUT2D eigenvalue weighted by Gasteiger charge is -2.46. The summed E-state index contributed by atoms with van der Waals surface area (Å²) in [4.78, 5) is 12.7. The molecule has 12 atom stereocenters. The van der Waals surface area contributed by atoms with Gasteiger partial charge < -0.3 is 65.1 Å². The van der Waals surface area contributed by atoms with Gasteiger partial charge in [-0.2, -0.15) is 0 Å². The minimum Gasteiger partial charge on any atom is -0.394 e. The van der Waals surface area contributed by atoms with Crippen LogP contribution in [0.15, 0.2) is 12.2 Å². The molecule has 14 heteroatoms. The fourth-order valence-electron chi connectivity index (χ4n) is 5.87. The SMILES string of the molecule is CCCCCCCCCCC/C=C/C(O)C(COC1OC(CO)C(OC2OC(CO)C(O)C(O)C2O)C(O)C1O)NC(=O)CCCCC. The zero-order chi connectivity index (χ0) is 35.5. The van der Waals surface area contributed by atoms with E-state index in [1.165, 1.54) is 44.9 Å². The van der Waals surface area contributed by atoms with E-state index in [-0.39, 0.29) is 18.9 Å². The highest BCUT2D eigenvalue weighted by atomic mass is 16.7. The van der Waals surface area contributed by atoms with Gasteiger partial charge in [-0.15, -0.1) is 0 Å². The molecular formula is C34H63NO13. The van der Waals surface area contributed by atoms with Crippen LogP contribution in [0.3, 0.4) is 0 Å². The van der Waals surface area contributed by atoms with Crippen LogP contribution in [0, 0.1) is 0 Å². The van der Waals surface area contributed by atoms with Gasteiger partial charge in [0, 0.05) is 6.42 Å². The third kappa shape index (κ3) is 14.2. The second-order valence-electron chi connectivity index (χ2n) is 13.0. The molecule has 0 aliphatic carbocycles. The summed E-state index contributed by atoms with van der Waals surface area (Å²) in [5.74, 6) is -0.269. The van der Waals surface area contributed by atoms with Crippen LogP contribution in [-0.4, -0.2) is 140 Å². The van der Waals surface area contributed by atoms with Gasteiger partial charge in [-0.25, -0.2) is 0 Å². The van der Waals surface area contributed by atoms with E-state index < -0.39 is 86.8 Å². The number of unbranched alkanes of at least 4 members (excludes halogenated alkanes) is 11. The monoisotopic (exact) mass is 693 g/mol. The van der Waals surface area contributed by atoms with Gasteiger partial charge >= 0.3 is 0 Å². The summed E-state index contributed by atoms with van der Waals surface area (Å²) in [5, 5.41) is 85.4. The second kappa shape index (κ2) is 24.0. The van der Waals surface area contributed by atoms with Crippen LogP contribution in [0.25, 0.3) is 0 Å². The van der Waals surface area contributed by atoms with Crippen LogP contribution in [0.1, 0.15) is 104 Å². The van der Waals surface area contributed by atoms with Gasteiger partial charge in [0.25, 0.3) is 0 Å². The molecule has 0 aromatic rings. The molecule has 2 rings (SSSR count). The highest BCUT2D eigenvalue weighted by Crippen LogP contribution is 2.29. The number of aliphatic hydroxyl groups is 8. The molecule has 2 fully saturated rings. The fourth-order valence-corrected chi connectivity index (χ4v) is 5.87. The molecule has 0 spiro atoms. The number of nitrogens with one attached hydrogen (secondary N) is 1. The third-order valence-corrected chi connectivity index (χ3v) is 8.97. The van der Waals surface area contributed by atoms with Crippen molar-refractivity contribution < 1.29 is 64.6 Å². The molecule has 2 heterocycles. The molecule has 0 saturated carbocycles. The van der Waals surface area contributed by atoms with Crippen molar-refractivity contribution in [1.82, 2.24) is 5.32 Å². The summed E-state index contributed by atoms with van der Waals surface area (Å²) in [6.45, 7) is 2.52. The molecule has 12 unspecified atom stereocenters. The number of hydrogen-bond acceptors (Lipinski definition) is 13. The zero-order valence-electron chi connectivity index (χ0n) is 28.7. The molecular weight excluding hydrogens is 630 g/mol. The number of carbonyl (C=O) groups excluding carboxylic acids is 1. The van der Waals surface area contributed by atoms with Gasteiger partial charge in [0.2, 0.25) is 5.91 Å². The van der Waals surface area contributed by atoms with Crippen LogP contribution in [0.4, 0.5) is 0 Å². The maximum atomic E-state index is 12.7. The van der Waals surface area contributed by atoms with Gasteiger partial charge in [0.05, 0.1) is 32.0 Å². The van der Waals surface area contributed by atoms with Crippen molar-refractivity contribution in [3.63, 3.8) is 0 Å². The number of allylic oxidation sites excluding steroid dienone is 1. The van der Waals surface area contributed by atoms with E-state index in [2.05, 4.69) is 12.2 Å². The normalized spacial score (nSPS) is 32.4.